The van der Waals surface area contributed by atoms with Gasteiger partial charge < -0.3 is 0 Å². The summed E-state index contributed by atoms with van der Waals surface area (Å²) in [5, 5.41) is 0. The molecule has 1 aliphatic carbocycles. The summed E-state index contributed by atoms with van der Waals surface area (Å²) in [4.78, 5) is 0. The van der Waals surface area contributed by atoms with Crippen LogP contribution in [0.5, 0.6) is 0 Å². The smallest absolute Gasteiger partial charge is 0.0417 e. The molecular weight excluding hydrogens is 192 g/mol. The van der Waals surface area contributed by atoms with Gasteiger partial charge in [0, 0.05) is 0 Å². The molecule has 96 valence electrons. The van der Waals surface area contributed by atoms with Crippen LogP contribution in [0.25, 0.3) is 0 Å². The minimum atomic E-state index is 1.04. The van der Waals surface area contributed by atoms with Crippen LogP contribution in [0.1, 0.15) is 90.9 Å². The molecule has 1 rings (SSSR count). The molecule has 0 radical (unpaired) electrons. The molecule has 1 saturated carbocycles. The third-order valence-corrected chi connectivity index (χ3v) is 4.60. The predicted molar refractivity (Wildman–Crippen MR) is 73.7 cm³/mol. The Hall–Kier alpha value is 0. The maximum Gasteiger partial charge on any atom is -0.0417 e. The molecule has 0 heteroatoms. The molecule has 0 N–H and O–H groups in total. The Morgan fingerprint density at radius 3 is 1.38 bits per heavy atom. The molecule has 0 nitrogen and oxygen atoms in total. The third-order valence-electron chi connectivity index (χ3n) is 4.60. The van der Waals surface area contributed by atoms with Crippen molar-refractivity contribution >= 4 is 0 Å². The van der Waals surface area contributed by atoms with E-state index in [1.54, 1.807) is 0 Å². The van der Waals surface area contributed by atoms with Crippen molar-refractivity contribution in [1.82, 2.24) is 0 Å². The van der Waals surface area contributed by atoms with Gasteiger partial charge in [-0.3, -0.25) is 0 Å². The first kappa shape index (κ1) is 14.1. The van der Waals surface area contributed by atoms with Crippen LogP contribution < -0.4 is 0 Å². The summed E-state index contributed by atoms with van der Waals surface area (Å²) in [5.41, 5.74) is 0. The Balaban J connectivity index is 2.31. The summed E-state index contributed by atoms with van der Waals surface area (Å²) in [7, 11) is 0. The second kappa shape index (κ2) is 9.07. The molecule has 0 amide bonds. The second-order valence-electron chi connectivity index (χ2n) is 5.82. The zero-order valence-electron chi connectivity index (χ0n) is 11.6. The number of hydrogen-bond donors (Lipinski definition) is 0. The Kier molecular flexibility index (Phi) is 7.98. The Bertz CT molecular complexity index is 134. The standard InChI is InChI=1S/C16H32/c1-3-15-11-8-6-5-7-9-12-16(4-2)14-10-13-15/h15-16H,3-14H2,1-2H3. The van der Waals surface area contributed by atoms with Gasteiger partial charge in [-0.1, -0.05) is 90.9 Å². The van der Waals surface area contributed by atoms with Crippen molar-refractivity contribution in [2.75, 3.05) is 0 Å². The van der Waals surface area contributed by atoms with Crippen LogP contribution in [0.15, 0.2) is 0 Å². The van der Waals surface area contributed by atoms with E-state index in [1.165, 1.54) is 77.0 Å². The van der Waals surface area contributed by atoms with E-state index in [0.717, 1.165) is 11.8 Å². The molecule has 1 aliphatic rings. The quantitative estimate of drug-likeness (QED) is 0.543. The first-order valence-corrected chi connectivity index (χ1v) is 7.86. The van der Waals surface area contributed by atoms with Crippen LogP contribution in [-0.2, 0) is 0 Å². The summed E-state index contributed by atoms with van der Waals surface area (Å²) in [5.74, 6) is 2.08. The van der Waals surface area contributed by atoms with Gasteiger partial charge in [0.1, 0.15) is 0 Å². The number of rotatable bonds is 2. The molecule has 0 saturated heterocycles. The lowest BCUT2D eigenvalue weighted by Crippen LogP contribution is -2.04. The highest BCUT2D eigenvalue weighted by atomic mass is 14.2. The maximum atomic E-state index is 2.38. The summed E-state index contributed by atoms with van der Waals surface area (Å²) in [6, 6.07) is 0. The molecule has 0 bridgehead atoms. The molecule has 0 aromatic heterocycles. The van der Waals surface area contributed by atoms with Crippen LogP contribution in [0.4, 0.5) is 0 Å². The van der Waals surface area contributed by atoms with E-state index in [1.807, 2.05) is 0 Å². The first-order chi connectivity index (χ1) is 7.86. The van der Waals surface area contributed by atoms with E-state index in [9.17, 15) is 0 Å². The molecule has 0 heterocycles. The van der Waals surface area contributed by atoms with E-state index in [4.69, 9.17) is 0 Å². The van der Waals surface area contributed by atoms with Crippen molar-refractivity contribution in [1.29, 1.82) is 0 Å². The molecule has 0 aromatic rings. The van der Waals surface area contributed by atoms with E-state index in [0.29, 0.717) is 0 Å². The lowest BCUT2D eigenvalue weighted by atomic mass is 9.87. The lowest BCUT2D eigenvalue weighted by Gasteiger charge is -2.19. The first-order valence-electron chi connectivity index (χ1n) is 7.86. The van der Waals surface area contributed by atoms with Gasteiger partial charge >= 0.3 is 0 Å². The van der Waals surface area contributed by atoms with Crippen molar-refractivity contribution in [2.24, 2.45) is 11.8 Å². The average Bonchev–Trinajstić information content (AvgIpc) is 2.30. The van der Waals surface area contributed by atoms with Crippen molar-refractivity contribution in [3.8, 4) is 0 Å². The molecule has 2 atom stereocenters. The van der Waals surface area contributed by atoms with Gasteiger partial charge in [-0.25, -0.2) is 0 Å². The SMILES string of the molecule is CCC1CCCCCCCC(CC)CCC1. The number of hydrogen-bond acceptors (Lipinski definition) is 0. The zero-order chi connectivity index (χ0) is 11.6. The summed E-state index contributed by atoms with van der Waals surface area (Å²) in [6.45, 7) is 4.77. The van der Waals surface area contributed by atoms with Crippen LogP contribution >= 0.6 is 0 Å². The van der Waals surface area contributed by atoms with Gasteiger partial charge in [0.15, 0.2) is 0 Å². The van der Waals surface area contributed by atoms with Crippen LogP contribution in [-0.4, -0.2) is 0 Å². The molecular formula is C16H32. The predicted octanol–water partition coefficient (Wildman–Crippen LogP) is 5.95. The fourth-order valence-electron chi connectivity index (χ4n) is 3.20. The average molecular weight is 224 g/mol. The minimum Gasteiger partial charge on any atom is -0.0651 e. The lowest BCUT2D eigenvalue weighted by molar-refractivity contribution is 0.340. The summed E-state index contributed by atoms with van der Waals surface area (Å²) >= 11 is 0. The Morgan fingerprint density at radius 2 is 0.938 bits per heavy atom. The molecule has 1 fully saturated rings. The molecule has 0 spiro atoms. The maximum absolute atomic E-state index is 2.38. The highest BCUT2D eigenvalue weighted by molar-refractivity contribution is 4.64. The van der Waals surface area contributed by atoms with Gasteiger partial charge in [-0.05, 0) is 11.8 Å². The van der Waals surface area contributed by atoms with Crippen molar-refractivity contribution in [3.63, 3.8) is 0 Å². The normalized spacial score (nSPS) is 30.4. The highest BCUT2D eigenvalue weighted by Crippen LogP contribution is 2.26. The summed E-state index contributed by atoms with van der Waals surface area (Å²) < 4.78 is 0. The Labute approximate surface area is 103 Å². The molecule has 2 unspecified atom stereocenters. The fraction of sp³-hybridized carbons (Fsp3) is 1.00. The van der Waals surface area contributed by atoms with Gasteiger partial charge in [0.25, 0.3) is 0 Å². The van der Waals surface area contributed by atoms with Crippen molar-refractivity contribution < 1.29 is 0 Å². The van der Waals surface area contributed by atoms with Crippen LogP contribution in [0.3, 0.4) is 0 Å². The van der Waals surface area contributed by atoms with Crippen molar-refractivity contribution in [3.05, 3.63) is 0 Å². The van der Waals surface area contributed by atoms with E-state index >= 15 is 0 Å². The Morgan fingerprint density at radius 1 is 0.562 bits per heavy atom. The van der Waals surface area contributed by atoms with Crippen LogP contribution in [0.2, 0.25) is 0 Å². The molecule has 16 heavy (non-hydrogen) atoms. The van der Waals surface area contributed by atoms with Gasteiger partial charge in [-0.2, -0.15) is 0 Å². The van der Waals surface area contributed by atoms with Gasteiger partial charge in [0.2, 0.25) is 0 Å². The zero-order valence-corrected chi connectivity index (χ0v) is 11.6. The largest absolute Gasteiger partial charge is 0.0651 e. The minimum absolute atomic E-state index is 1.04. The third kappa shape index (κ3) is 5.92. The van der Waals surface area contributed by atoms with Gasteiger partial charge in [-0.15, -0.1) is 0 Å². The van der Waals surface area contributed by atoms with E-state index in [-0.39, 0.29) is 0 Å². The fourth-order valence-corrected chi connectivity index (χ4v) is 3.20. The van der Waals surface area contributed by atoms with E-state index < -0.39 is 0 Å². The molecule has 0 aromatic carbocycles. The van der Waals surface area contributed by atoms with Crippen molar-refractivity contribution in [2.45, 2.75) is 90.9 Å². The highest BCUT2D eigenvalue weighted by Gasteiger charge is 2.11. The molecule has 0 aliphatic heterocycles. The van der Waals surface area contributed by atoms with Crippen LogP contribution in [0, 0.1) is 11.8 Å². The second-order valence-corrected chi connectivity index (χ2v) is 5.82. The topological polar surface area (TPSA) is 0 Å². The van der Waals surface area contributed by atoms with E-state index in [2.05, 4.69) is 13.8 Å². The summed E-state index contributed by atoms with van der Waals surface area (Å²) in [6.07, 6.45) is 17.8. The van der Waals surface area contributed by atoms with Gasteiger partial charge in [0.05, 0.1) is 0 Å². The monoisotopic (exact) mass is 224 g/mol.